The molecule has 5 heteroatoms. The molecule has 0 aromatic heterocycles. The van der Waals surface area contributed by atoms with Crippen molar-refractivity contribution in [2.75, 3.05) is 0 Å². The summed E-state index contributed by atoms with van der Waals surface area (Å²) in [6, 6.07) is 14.5. The Balaban J connectivity index is 2.09. The van der Waals surface area contributed by atoms with Gasteiger partial charge >= 0.3 is 5.97 Å². The van der Waals surface area contributed by atoms with Gasteiger partial charge in [0.05, 0.1) is 6.42 Å². The predicted molar refractivity (Wildman–Crippen MR) is 75.0 cm³/mol. The highest BCUT2D eigenvalue weighted by molar-refractivity contribution is 6.09. The van der Waals surface area contributed by atoms with Crippen LogP contribution in [0.2, 0.25) is 0 Å². The quantitative estimate of drug-likeness (QED) is 0.886. The van der Waals surface area contributed by atoms with Crippen LogP contribution in [-0.4, -0.2) is 11.1 Å². The number of carbonyl (C=O) groups is 1. The third kappa shape index (κ3) is 3.90. The van der Waals surface area contributed by atoms with E-state index in [-0.39, 0.29) is 6.42 Å². The molecule has 0 fully saturated rings. The summed E-state index contributed by atoms with van der Waals surface area (Å²) in [5, 5.41) is 8.75. The van der Waals surface area contributed by atoms with Gasteiger partial charge in [-0.25, -0.2) is 0 Å². The highest BCUT2D eigenvalue weighted by atomic mass is 35.5. The maximum Gasteiger partial charge on any atom is 0.307 e. The first-order chi connectivity index (χ1) is 9.69. The number of halogens is 1. The Morgan fingerprint density at radius 2 is 1.80 bits per heavy atom. The Kier molecular flexibility index (Phi) is 4.85. The maximum atomic E-state index is 10.7. The zero-order valence-electron chi connectivity index (χ0n) is 10.6. The molecule has 104 valence electrons. The van der Waals surface area contributed by atoms with Crippen molar-refractivity contribution in [3.05, 3.63) is 59.7 Å². The van der Waals surface area contributed by atoms with E-state index in [1.807, 2.05) is 30.3 Å². The lowest BCUT2D eigenvalue weighted by Crippen LogP contribution is -2.01. The summed E-state index contributed by atoms with van der Waals surface area (Å²) in [6.07, 6.45) is -0.0911. The molecule has 0 radical (unpaired) electrons. The molecule has 0 heterocycles. The van der Waals surface area contributed by atoms with Crippen LogP contribution in [0.4, 0.5) is 0 Å². The molecule has 0 atom stereocenters. The van der Waals surface area contributed by atoms with Crippen molar-refractivity contribution in [3.63, 3.8) is 0 Å². The Morgan fingerprint density at radius 3 is 2.45 bits per heavy atom. The minimum absolute atomic E-state index is 0.0911. The second-order valence-corrected chi connectivity index (χ2v) is 4.36. The van der Waals surface area contributed by atoms with Gasteiger partial charge in [0.1, 0.15) is 18.5 Å². The average Bonchev–Trinajstić information content (AvgIpc) is 2.46. The standard InChI is InChI=1S/C15H13ClO4/c16-20-14-8-12(9-15(17)18)6-7-13(14)19-10-11-4-2-1-3-5-11/h1-8H,9-10H2,(H,17,18). The van der Waals surface area contributed by atoms with E-state index < -0.39 is 5.97 Å². The summed E-state index contributed by atoms with van der Waals surface area (Å²) >= 11 is 5.39. The largest absolute Gasteiger partial charge is 0.485 e. The first-order valence-electron chi connectivity index (χ1n) is 5.99. The lowest BCUT2D eigenvalue weighted by atomic mass is 10.1. The summed E-state index contributed by atoms with van der Waals surface area (Å²) in [5.41, 5.74) is 1.61. The molecule has 0 spiro atoms. The number of rotatable bonds is 6. The molecule has 1 N–H and O–H groups in total. The summed E-state index contributed by atoms with van der Waals surface area (Å²) in [4.78, 5) is 10.7. The van der Waals surface area contributed by atoms with Gasteiger partial charge < -0.3 is 14.1 Å². The van der Waals surface area contributed by atoms with E-state index in [1.165, 1.54) is 0 Å². The average molecular weight is 293 g/mol. The maximum absolute atomic E-state index is 10.7. The fourth-order valence-electron chi connectivity index (χ4n) is 1.75. The molecule has 0 unspecified atom stereocenters. The van der Waals surface area contributed by atoms with Gasteiger partial charge in [-0.2, -0.15) is 0 Å². The number of hydrogen-bond acceptors (Lipinski definition) is 3. The van der Waals surface area contributed by atoms with E-state index in [0.717, 1.165) is 5.56 Å². The normalized spacial score (nSPS) is 10.1. The zero-order valence-corrected chi connectivity index (χ0v) is 11.3. The van der Waals surface area contributed by atoms with Gasteiger partial charge in [-0.3, -0.25) is 4.79 Å². The van der Waals surface area contributed by atoms with Crippen LogP contribution in [0.5, 0.6) is 11.5 Å². The molecule has 2 aromatic rings. The first-order valence-corrected chi connectivity index (χ1v) is 6.30. The van der Waals surface area contributed by atoms with Crippen molar-refractivity contribution in [2.24, 2.45) is 0 Å². The van der Waals surface area contributed by atoms with Crippen LogP contribution in [-0.2, 0) is 17.8 Å². The Hall–Kier alpha value is -2.20. The van der Waals surface area contributed by atoms with Crippen LogP contribution in [0.1, 0.15) is 11.1 Å². The van der Waals surface area contributed by atoms with Crippen LogP contribution < -0.4 is 9.03 Å². The van der Waals surface area contributed by atoms with Crippen LogP contribution in [0.3, 0.4) is 0 Å². The lowest BCUT2D eigenvalue weighted by Gasteiger charge is -2.10. The minimum atomic E-state index is -0.913. The van der Waals surface area contributed by atoms with Crippen molar-refractivity contribution >= 4 is 17.8 Å². The van der Waals surface area contributed by atoms with Crippen molar-refractivity contribution in [2.45, 2.75) is 13.0 Å². The monoisotopic (exact) mass is 292 g/mol. The molecule has 0 saturated carbocycles. The molecule has 0 aliphatic carbocycles. The highest BCUT2D eigenvalue weighted by Crippen LogP contribution is 2.30. The molecule has 20 heavy (non-hydrogen) atoms. The molecular formula is C15H13ClO4. The van der Waals surface area contributed by atoms with E-state index in [0.29, 0.717) is 23.7 Å². The van der Waals surface area contributed by atoms with Crippen molar-refractivity contribution in [1.29, 1.82) is 0 Å². The van der Waals surface area contributed by atoms with Crippen LogP contribution in [0.15, 0.2) is 48.5 Å². The molecule has 2 rings (SSSR count). The van der Waals surface area contributed by atoms with Gasteiger partial charge in [0, 0.05) is 0 Å². The van der Waals surface area contributed by atoms with Crippen LogP contribution in [0, 0.1) is 0 Å². The van der Waals surface area contributed by atoms with E-state index in [1.54, 1.807) is 18.2 Å². The molecule has 0 aliphatic rings. The van der Waals surface area contributed by atoms with Gasteiger partial charge in [-0.05, 0) is 23.3 Å². The number of hydrogen-bond donors (Lipinski definition) is 1. The lowest BCUT2D eigenvalue weighted by molar-refractivity contribution is -0.136. The SMILES string of the molecule is O=C(O)Cc1ccc(OCc2ccccc2)c(OCl)c1. The van der Waals surface area contributed by atoms with Crippen molar-refractivity contribution in [1.82, 2.24) is 0 Å². The fourth-order valence-corrected chi connectivity index (χ4v) is 1.87. The molecule has 0 bridgehead atoms. The number of carboxylic acids is 1. The van der Waals surface area contributed by atoms with Crippen LogP contribution >= 0.6 is 11.9 Å². The zero-order chi connectivity index (χ0) is 14.4. The third-order valence-corrected chi connectivity index (χ3v) is 2.85. The minimum Gasteiger partial charge on any atom is -0.485 e. The number of ether oxygens (including phenoxy) is 1. The van der Waals surface area contributed by atoms with Crippen molar-refractivity contribution in [3.8, 4) is 11.5 Å². The Bertz CT molecular complexity index is 584. The predicted octanol–water partition coefficient (Wildman–Crippen LogP) is 3.43. The highest BCUT2D eigenvalue weighted by Gasteiger charge is 2.09. The van der Waals surface area contributed by atoms with Gasteiger partial charge in [0.25, 0.3) is 0 Å². The second-order valence-electron chi connectivity index (χ2n) is 4.20. The smallest absolute Gasteiger partial charge is 0.307 e. The topological polar surface area (TPSA) is 55.8 Å². The van der Waals surface area contributed by atoms with Crippen LogP contribution in [0.25, 0.3) is 0 Å². The summed E-state index contributed by atoms with van der Waals surface area (Å²) in [5.74, 6) is -0.136. The van der Waals surface area contributed by atoms with Crippen molar-refractivity contribution < 1.29 is 18.9 Å². The number of benzene rings is 2. The van der Waals surface area contributed by atoms with E-state index in [2.05, 4.69) is 0 Å². The Morgan fingerprint density at radius 1 is 1.05 bits per heavy atom. The van der Waals surface area contributed by atoms with E-state index in [4.69, 9.17) is 26.0 Å². The molecule has 0 amide bonds. The summed E-state index contributed by atoms with van der Waals surface area (Å²) in [6.45, 7) is 0.381. The van der Waals surface area contributed by atoms with Gasteiger partial charge in [-0.15, -0.1) is 0 Å². The second kappa shape index (κ2) is 6.82. The molecule has 2 aromatic carbocycles. The molecule has 4 nitrogen and oxygen atoms in total. The van der Waals surface area contributed by atoms with Gasteiger partial charge in [0.2, 0.25) is 0 Å². The summed E-state index contributed by atoms with van der Waals surface area (Å²) in [7, 11) is 0. The molecule has 0 aliphatic heterocycles. The molecular weight excluding hydrogens is 280 g/mol. The molecule has 0 saturated heterocycles. The van der Waals surface area contributed by atoms with Gasteiger partial charge in [0.15, 0.2) is 11.5 Å². The first kappa shape index (κ1) is 14.2. The fraction of sp³-hybridized carbons (Fsp3) is 0.133. The van der Waals surface area contributed by atoms with Gasteiger partial charge in [-0.1, -0.05) is 36.4 Å². The summed E-state index contributed by atoms with van der Waals surface area (Å²) < 4.78 is 10.3. The number of aliphatic carboxylic acids is 1. The Labute approximate surface area is 121 Å². The third-order valence-electron chi connectivity index (χ3n) is 2.68. The van der Waals surface area contributed by atoms with E-state index in [9.17, 15) is 4.79 Å². The van der Waals surface area contributed by atoms with E-state index >= 15 is 0 Å². The number of carboxylic acid groups (broad SMARTS) is 1.